The van der Waals surface area contributed by atoms with Gasteiger partial charge in [-0.05, 0) is 67.8 Å². The first-order chi connectivity index (χ1) is 14.0. The van der Waals surface area contributed by atoms with Crippen LogP contribution in [0.1, 0.15) is 56.4 Å². The first-order valence-electron chi connectivity index (χ1n) is 10.3. The number of rotatable bonds is 12. The van der Waals surface area contributed by atoms with Crippen LogP contribution in [0.2, 0.25) is 5.02 Å². The Hall–Kier alpha value is -2.04. The lowest BCUT2D eigenvalue weighted by molar-refractivity contribution is 0.427. The highest BCUT2D eigenvalue weighted by atomic mass is 35.5. The number of aryl methyl sites for hydroxylation is 1. The van der Waals surface area contributed by atoms with E-state index in [-0.39, 0.29) is 5.02 Å². The normalized spacial score (nSPS) is 12.0. The summed E-state index contributed by atoms with van der Waals surface area (Å²) in [5, 5.41) is 3.66. The number of hydrogen-bond acceptors (Lipinski definition) is 3. The molecule has 156 valence electrons. The van der Waals surface area contributed by atoms with Crippen molar-refractivity contribution in [1.82, 2.24) is 10.3 Å². The van der Waals surface area contributed by atoms with Crippen LogP contribution >= 0.6 is 11.6 Å². The average molecular weight is 416 g/mol. The van der Waals surface area contributed by atoms with Gasteiger partial charge in [0.15, 0.2) is 0 Å². The quantitative estimate of drug-likeness (QED) is 0.388. The van der Waals surface area contributed by atoms with Gasteiger partial charge < -0.3 is 5.32 Å². The summed E-state index contributed by atoms with van der Waals surface area (Å²) in [5.74, 6) is 0.281. The number of pyridine rings is 1. The zero-order chi connectivity index (χ0) is 21.2. The second-order valence-corrected chi connectivity index (χ2v) is 7.76. The van der Waals surface area contributed by atoms with E-state index in [2.05, 4.69) is 42.4 Å². The first-order valence-corrected chi connectivity index (χ1v) is 10.6. The molecule has 0 aliphatic heterocycles. The summed E-state index contributed by atoms with van der Waals surface area (Å²) in [6.45, 7) is 14.1. The third-order valence-corrected chi connectivity index (χ3v) is 5.53. The van der Waals surface area contributed by atoms with E-state index in [4.69, 9.17) is 11.6 Å². The van der Waals surface area contributed by atoms with E-state index < -0.39 is 5.82 Å². The Morgan fingerprint density at radius 2 is 2.10 bits per heavy atom. The molecule has 0 saturated carbocycles. The van der Waals surface area contributed by atoms with Crippen molar-refractivity contribution < 1.29 is 4.39 Å². The monoisotopic (exact) mass is 415 g/mol. The molecule has 0 spiro atoms. The Bertz CT molecular complexity index is 835. The fourth-order valence-electron chi connectivity index (χ4n) is 3.47. The van der Waals surface area contributed by atoms with Crippen molar-refractivity contribution in [1.29, 1.82) is 0 Å². The second-order valence-electron chi connectivity index (χ2n) is 7.36. The van der Waals surface area contributed by atoms with Crippen LogP contribution in [0, 0.1) is 11.7 Å². The summed E-state index contributed by atoms with van der Waals surface area (Å²) in [4.78, 5) is 8.75. The van der Waals surface area contributed by atoms with Gasteiger partial charge in [0.2, 0.25) is 0 Å². The van der Waals surface area contributed by atoms with Gasteiger partial charge in [0.25, 0.3) is 0 Å². The van der Waals surface area contributed by atoms with Crippen LogP contribution in [0.5, 0.6) is 0 Å². The molecule has 1 N–H and O–H groups in total. The topological polar surface area (TPSA) is 37.3 Å². The molecule has 3 nitrogen and oxygen atoms in total. The van der Waals surface area contributed by atoms with Gasteiger partial charge in [0.1, 0.15) is 5.82 Å². The summed E-state index contributed by atoms with van der Waals surface area (Å²) >= 11 is 5.88. The maximum absolute atomic E-state index is 13.3. The number of aliphatic imine (C=N–C) groups is 1. The van der Waals surface area contributed by atoms with Crippen molar-refractivity contribution in [3.05, 3.63) is 64.7 Å². The van der Waals surface area contributed by atoms with Crippen molar-refractivity contribution in [2.75, 3.05) is 6.54 Å². The highest BCUT2D eigenvalue weighted by Gasteiger charge is 2.12. The molecule has 0 fully saturated rings. The highest BCUT2D eigenvalue weighted by Crippen LogP contribution is 2.30. The van der Waals surface area contributed by atoms with Gasteiger partial charge in [-0.15, -0.1) is 0 Å². The molecular formula is C24H31ClFN3. The predicted octanol–water partition coefficient (Wildman–Crippen LogP) is 6.77. The SMILES string of the molecule is C=Nc1c(C(=C)CCc2ccc(F)c(Cl)c2)ccnc1CNCC(CC)CCC. The number of halogens is 2. The fourth-order valence-corrected chi connectivity index (χ4v) is 3.67. The van der Waals surface area contributed by atoms with Crippen LogP contribution in [0.4, 0.5) is 10.1 Å². The molecule has 5 heteroatoms. The Labute approximate surface area is 179 Å². The summed E-state index contributed by atoms with van der Waals surface area (Å²) in [6.07, 6.45) is 6.84. The number of hydrogen-bond donors (Lipinski definition) is 1. The second kappa shape index (κ2) is 11.8. The number of benzene rings is 1. The van der Waals surface area contributed by atoms with E-state index >= 15 is 0 Å². The van der Waals surface area contributed by atoms with E-state index in [9.17, 15) is 4.39 Å². The van der Waals surface area contributed by atoms with Crippen molar-refractivity contribution in [2.45, 2.75) is 52.5 Å². The lowest BCUT2D eigenvalue weighted by Gasteiger charge is -2.16. The number of nitrogens with one attached hydrogen (secondary N) is 1. The Balaban J connectivity index is 2.04. The van der Waals surface area contributed by atoms with Crippen molar-refractivity contribution in [3.63, 3.8) is 0 Å². The van der Waals surface area contributed by atoms with Crippen molar-refractivity contribution in [3.8, 4) is 0 Å². The molecule has 29 heavy (non-hydrogen) atoms. The molecule has 2 rings (SSSR count). The minimum atomic E-state index is -0.400. The van der Waals surface area contributed by atoms with Gasteiger partial charge in [-0.3, -0.25) is 9.98 Å². The molecule has 1 atom stereocenters. The number of aromatic nitrogens is 1. The minimum absolute atomic E-state index is 0.146. The maximum atomic E-state index is 13.3. The van der Waals surface area contributed by atoms with Crippen molar-refractivity contribution >= 4 is 29.6 Å². The smallest absolute Gasteiger partial charge is 0.141 e. The predicted molar refractivity (Wildman–Crippen MR) is 123 cm³/mol. The lowest BCUT2D eigenvalue weighted by Crippen LogP contribution is -2.22. The zero-order valence-corrected chi connectivity index (χ0v) is 18.2. The van der Waals surface area contributed by atoms with E-state index in [1.165, 1.54) is 25.3 Å². The molecule has 1 aromatic heterocycles. The molecule has 0 bridgehead atoms. The van der Waals surface area contributed by atoms with Gasteiger partial charge >= 0.3 is 0 Å². The lowest BCUT2D eigenvalue weighted by atomic mass is 9.98. The molecule has 1 aromatic carbocycles. The van der Waals surface area contributed by atoms with Crippen LogP contribution in [-0.4, -0.2) is 18.2 Å². The molecule has 1 unspecified atom stereocenters. The van der Waals surface area contributed by atoms with E-state index in [0.29, 0.717) is 12.5 Å². The zero-order valence-electron chi connectivity index (χ0n) is 17.5. The molecule has 2 aromatic rings. The summed E-state index contributed by atoms with van der Waals surface area (Å²) < 4.78 is 13.3. The third-order valence-electron chi connectivity index (χ3n) is 5.24. The van der Waals surface area contributed by atoms with Gasteiger partial charge in [0, 0.05) is 18.3 Å². The molecule has 0 saturated heterocycles. The third kappa shape index (κ3) is 6.76. The van der Waals surface area contributed by atoms with E-state index in [0.717, 1.165) is 47.5 Å². The molecular weight excluding hydrogens is 385 g/mol. The largest absolute Gasteiger partial charge is 0.311 e. The highest BCUT2D eigenvalue weighted by molar-refractivity contribution is 6.30. The molecule has 0 amide bonds. The van der Waals surface area contributed by atoms with Gasteiger partial charge in [0.05, 0.1) is 16.4 Å². The summed E-state index contributed by atoms with van der Waals surface area (Å²) in [7, 11) is 0. The van der Waals surface area contributed by atoms with Gasteiger partial charge in [-0.25, -0.2) is 4.39 Å². The summed E-state index contributed by atoms with van der Waals surface area (Å²) in [5.41, 5.74) is 4.55. The van der Waals surface area contributed by atoms with Crippen LogP contribution in [0.15, 0.2) is 42.0 Å². The fraction of sp³-hybridized carbons (Fsp3) is 0.417. The van der Waals surface area contributed by atoms with Crippen LogP contribution in [-0.2, 0) is 13.0 Å². The molecule has 0 aliphatic carbocycles. The molecule has 1 heterocycles. The van der Waals surface area contributed by atoms with E-state index in [1.54, 1.807) is 18.3 Å². The maximum Gasteiger partial charge on any atom is 0.141 e. The van der Waals surface area contributed by atoms with Crippen molar-refractivity contribution in [2.24, 2.45) is 10.9 Å². The van der Waals surface area contributed by atoms with Gasteiger partial charge in [-0.2, -0.15) is 0 Å². The summed E-state index contributed by atoms with van der Waals surface area (Å²) in [6, 6.07) is 6.75. The number of nitrogens with zero attached hydrogens (tertiary/aromatic N) is 2. The molecule has 0 aliphatic rings. The van der Waals surface area contributed by atoms with Gasteiger partial charge in [-0.1, -0.05) is 50.9 Å². The first kappa shape index (κ1) is 23.2. The number of allylic oxidation sites excluding steroid dienone is 1. The van der Waals surface area contributed by atoms with Crippen LogP contribution < -0.4 is 5.32 Å². The van der Waals surface area contributed by atoms with Crippen LogP contribution in [0.3, 0.4) is 0 Å². The standard InChI is InChI=1S/C24H31ClFN3/c1-5-7-18(6-2)15-28-16-23-24(27-4)20(12-13-29-23)17(3)8-9-19-10-11-22(26)21(25)14-19/h10-14,18,28H,3-9,15-16H2,1-2H3. The minimum Gasteiger partial charge on any atom is -0.311 e. The van der Waals surface area contributed by atoms with Crippen LogP contribution in [0.25, 0.3) is 5.57 Å². The Morgan fingerprint density at radius 3 is 2.76 bits per heavy atom. The molecule has 0 radical (unpaired) electrons. The average Bonchev–Trinajstić information content (AvgIpc) is 2.73. The van der Waals surface area contributed by atoms with E-state index in [1.807, 2.05) is 6.07 Å². The Morgan fingerprint density at radius 1 is 1.31 bits per heavy atom. The Kier molecular flexibility index (Phi) is 9.49.